The van der Waals surface area contributed by atoms with Crippen LogP contribution in [0.4, 0.5) is 0 Å². The van der Waals surface area contributed by atoms with E-state index in [1.54, 1.807) is 42.5 Å². The van der Waals surface area contributed by atoms with E-state index in [2.05, 4.69) is 63.3 Å². The van der Waals surface area contributed by atoms with Gasteiger partial charge >= 0.3 is 0 Å². The first-order valence-electron chi connectivity index (χ1n) is 18.0. The molecule has 2 aliphatic rings. The molecule has 0 heterocycles. The summed E-state index contributed by atoms with van der Waals surface area (Å²) in [4.78, 5) is 13.2. The van der Waals surface area contributed by atoms with Gasteiger partial charge in [-0.05, 0) is 60.4 Å². The Bertz CT molecular complexity index is 1600. The maximum atomic E-state index is 13.2. The van der Waals surface area contributed by atoms with E-state index < -0.39 is 0 Å². The second kappa shape index (κ2) is 18.9. The summed E-state index contributed by atoms with van der Waals surface area (Å²) in [6.45, 7) is 13.2. The zero-order chi connectivity index (χ0) is 37.0. The topological polar surface area (TPSA) is 118 Å². The van der Waals surface area contributed by atoms with E-state index in [0.29, 0.717) is 93.7 Å². The summed E-state index contributed by atoms with van der Waals surface area (Å²) in [5.41, 5.74) is 3.03. The van der Waals surface area contributed by atoms with Gasteiger partial charge in [0.15, 0.2) is 0 Å². The average Bonchev–Trinajstić information content (AvgIpc) is 3.55. The van der Waals surface area contributed by atoms with Crippen molar-refractivity contribution in [3.63, 3.8) is 0 Å². The van der Waals surface area contributed by atoms with Crippen LogP contribution in [0.3, 0.4) is 0 Å². The molecule has 1 N–H and O–H groups in total. The number of halogens is 1. The Balaban J connectivity index is 0.859. The van der Waals surface area contributed by atoms with Crippen LogP contribution >= 0.6 is 11.6 Å². The van der Waals surface area contributed by atoms with E-state index >= 15 is 0 Å². The molecule has 1 saturated carbocycles. The van der Waals surface area contributed by atoms with Gasteiger partial charge in [0.1, 0.15) is 30.3 Å². The molecule has 3 aromatic rings. The maximum absolute atomic E-state index is 13.2. The number of hydrogen-bond acceptors (Lipinski definition) is 9. The summed E-state index contributed by atoms with van der Waals surface area (Å²) in [6, 6.07) is 22.6. The van der Waals surface area contributed by atoms with Crippen LogP contribution in [-0.2, 0) is 36.5 Å². The highest BCUT2D eigenvalue weighted by molar-refractivity contribution is 6.31. The fraction of sp³-hybridized carbons (Fsp3) is 0.512. The predicted molar refractivity (Wildman–Crippen MR) is 198 cm³/mol. The molecule has 0 unspecified atom stereocenters. The van der Waals surface area contributed by atoms with Gasteiger partial charge in [-0.15, -0.1) is 0 Å². The lowest BCUT2D eigenvalue weighted by Crippen LogP contribution is -2.74. The number of carbonyl (C=O) groups is 1. The third-order valence-corrected chi connectivity index (χ3v) is 10.1. The Morgan fingerprint density at radius 3 is 1.81 bits per heavy atom. The van der Waals surface area contributed by atoms with Crippen LogP contribution in [-0.4, -0.2) is 90.2 Å². The molecule has 0 radical (unpaired) electrons. The molecule has 1 fully saturated rings. The van der Waals surface area contributed by atoms with Gasteiger partial charge in [-0.1, -0.05) is 63.6 Å². The summed E-state index contributed by atoms with van der Waals surface area (Å²) in [5.74, 6) is 1.09. The molecule has 10 nitrogen and oxygen atoms in total. The Kier molecular flexibility index (Phi) is 14.3. The lowest BCUT2D eigenvalue weighted by molar-refractivity contribution is -0.164. The van der Waals surface area contributed by atoms with Gasteiger partial charge in [-0.3, -0.25) is 4.79 Å². The molecule has 280 valence electrons. The Hall–Kier alpha value is -3.69. The van der Waals surface area contributed by atoms with Crippen molar-refractivity contribution in [3.8, 4) is 17.6 Å². The summed E-state index contributed by atoms with van der Waals surface area (Å²) in [6.07, 6.45) is 2.04. The molecular formula is C41H51ClN2O8. The van der Waals surface area contributed by atoms with Crippen LogP contribution in [0.5, 0.6) is 11.5 Å². The van der Waals surface area contributed by atoms with Crippen LogP contribution in [0, 0.1) is 22.2 Å². The molecule has 2 aliphatic carbocycles. The maximum Gasteiger partial charge on any atom is 0.251 e. The molecule has 3 aromatic carbocycles. The number of rotatable bonds is 21. The third-order valence-electron chi connectivity index (χ3n) is 9.75. The molecule has 5 rings (SSSR count). The van der Waals surface area contributed by atoms with Crippen molar-refractivity contribution in [2.75, 3.05) is 66.1 Å². The zero-order valence-corrected chi connectivity index (χ0v) is 31.4. The number of fused-ring (bicyclic) bond motifs is 1. The number of nitriles is 1. The minimum absolute atomic E-state index is 0.132. The van der Waals surface area contributed by atoms with Gasteiger partial charge in [0.2, 0.25) is 0 Å². The molecule has 52 heavy (non-hydrogen) atoms. The number of ether oxygens (including phenoxy) is 7. The zero-order valence-electron chi connectivity index (χ0n) is 30.7. The highest BCUT2D eigenvalue weighted by Gasteiger charge is 2.64. The molecule has 0 saturated heterocycles. The van der Waals surface area contributed by atoms with Gasteiger partial charge < -0.3 is 38.5 Å². The monoisotopic (exact) mass is 734 g/mol. The van der Waals surface area contributed by atoms with Crippen molar-refractivity contribution in [2.24, 2.45) is 10.8 Å². The standard InChI is InChI=1S/C41H51ClN2O8/c1-40(2)38(41(3,4)39(40)52-34-14-11-32(28-43)36(42)27-34)44-37(45)29-9-12-33(13-10-29)50-23-21-48-19-17-46-15-16-47-18-20-49-22-24-51-35-25-30-7-5-6-8-31(30)26-35/h5-14,27,35,38-39H,15-26H2,1-4H3,(H,44,45). The van der Waals surface area contributed by atoms with Gasteiger partial charge in [-0.2, -0.15) is 5.26 Å². The lowest BCUT2D eigenvalue weighted by atomic mass is 9.49. The van der Waals surface area contributed by atoms with E-state index in [1.807, 2.05) is 0 Å². The molecular weight excluding hydrogens is 684 g/mol. The summed E-state index contributed by atoms with van der Waals surface area (Å²) in [7, 11) is 0. The van der Waals surface area contributed by atoms with Crippen molar-refractivity contribution in [1.82, 2.24) is 5.32 Å². The molecule has 0 bridgehead atoms. The third kappa shape index (κ3) is 10.5. The van der Waals surface area contributed by atoms with Gasteiger partial charge in [0, 0.05) is 28.5 Å². The SMILES string of the molecule is CC1(C)C(NC(=O)c2ccc(OCCOCCOCCOCCOCCOC3Cc4ccccc4C3)cc2)C(C)(C)C1Oc1ccc(C#N)c(Cl)c1. The predicted octanol–water partition coefficient (Wildman–Crippen LogP) is 6.45. The molecule has 0 aromatic heterocycles. The Labute approximate surface area is 312 Å². The van der Waals surface area contributed by atoms with E-state index in [9.17, 15) is 4.79 Å². The van der Waals surface area contributed by atoms with Gasteiger partial charge in [0.05, 0.1) is 76.2 Å². The largest absolute Gasteiger partial charge is 0.491 e. The number of nitrogens with one attached hydrogen (secondary N) is 1. The van der Waals surface area contributed by atoms with Crippen LogP contribution in [0.1, 0.15) is 54.7 Å². The van der Waals surface area contributed by atoms with Crippen LogP contribution < -0.4 is 14.8 Å². The molecule has 11 heteroatoms. The number of amides is 1. The van der Waals surface area contributed by atoms with Crippen molar-refractivity contribution >= 4 is 17.5 Å². The number of hydrogen-bond donors (Lipinski definition) is 1. The average molecular weight is 735 g/mol. The van der Waals surface area contributed by atoms with E-state index in [4.69, 9.17) is 50.0 Å². The van der Waals surface area contributed by atoms with Crippen molar-refractivity contribution in [1.29, 1.82) is 5.26 Å². The normalized spacial score (nSPS) is 18.6. The van der Waals surface area contributed by atoms with Crippen molar-refractivity contribution in [2.45, 2.75) is 58.8 Å². The van der Waals surface area contributed by atoms with E-state index in [-0.39, 0.29) is 35.0 Å². The van der Waals surface area contributed by atoms with Crippen molar-refractivity contribution < 1.29 is 38.0 Å². The minimum atomic E-state index is -0.351. The van der Waals surface area contributed by atoms with Crippen molar-refractivity contribution in [3.05, 3.63) is 94.0 Å². The fourth-order valence-electron chi connectivity index (χ4n) is 7.40. The van der Waals surface area contributed by atoms with Crippen LogP contribution in [0.25, 0.3) is 0 Å². The van der Waals surface area contributed by atoms with Crippen LogP contribution in [0.2, 0.25) is 5.02 Å². The number of carbonyl (C=O) groups excluding carboxylic acids is 1. The first-order chi connectivity index (χ1) is 25.1. The smallest absolute Gasteiger partial charge is 0.251 e. The van der Waals surface area contributed by atoms with Gasteiger partial charge in [-0.25, -0.2) is 0 Å². The van der Waals surface area contributed by atoms with Crippen LogP contribution in [0.15, 0.2) is 66.7 Å². The fourth-order valence-corrected chi connectivity index (χ4v) is 7.62. The Morgan fingerprint density at radius 2 is 1.27 bits per heavy atom. The lowest BCUT2D eigenvalue weighted by Gasteiger charge is -2.63. The highest BCUT2D eigenvalue weighted by atomic mass is 35.5. The number of nitrogens with zero attached hydrogens (tertiary/aromatic N) is 1. The molecule has 0 spiro atoms. The van der Waals surface area contributed by atoms with E-state index in [1.165, 1.54) is 11.1 Å². The first kappa shape index (κ1) is 39.5. The summed E-state index contributed by atoms with van der Waals surface area (Å²) in [5, 5.41) is 12.7. The minimum Gasteiger partial charge on any atom is -0.491 e. The second-order valence-electron chi connectivity index (χ2n) is 14.3. The first-order valence-corrected chi connectivity index (χ1v) is 18.4. The highest BCUT2D eigenvalue weighted by Crippen LogP contribution is 2.55. The summed E-state index contributed by atoms with van der Waals surface area (Å²) < 4.78 is 40.4. The summed E-state index contributed by atoms with van der Waals surface area (Å²) >= 11 is 6.21. The molecule has 1 amide bonds. The quantitative estimate of drug-likeness (QED) is 0.123. The Morgan fingerprint density at radius 1 is 0.750 bits per heavy atom. The van der Waals surface area contributed by atoms with E-state index in [0.717, 1.165) is 12.8 Å². The number of benzene rings is 3. The molecule has 0 aliphatic heterocycles. The molecule has 0 atom stereocenters. The second-order valence-corrected chi connectivity index (χ2v) is 14.7. The van der Waals surface area contributed by atoms with Gasteiger partial charge in [0.25, 0.3) is 5.91 Å².